The van der Waals surface area contributed by atoms with E-state index in [0.717, 1.165) is 23.7 Å². The standard InChI is InChI=1S/C11H15Cl2N/c1-8(2)6-14-7-9-3-4-10(12)5-11(9)13/h3-5,8,14H,6-7H2,1-2H3. The highest BCUT2D eigenvalue weighted by Gasteiger charge is 2.01. The number of rotatable bonds is 4. The highest BCUT2D eigenvalue weighted by molar-refractivity contribution is 6.35. The molecular formula is C11H15Cl2N. The molecule has 0 aliphatic heterocycles. The van der Waals surface area contributed by atoms with Gasteiger partial charge in [0.25, 0.3) is 0 Å². The van der Waals surface area contributed by atoms with E-state index in [-0.39, 0.29) is 0 Å². The molecular weight excluding hydrogens is 217 g/mol. The van der Waals surface area contributed by atoms with Gasteiger partial charge in [-0.15, -0.1) is 0 Å². The van der Waals surface area contributed by atoms with Crippen LogP contribution in [0.5, 0.6) is 0 Å². The minimum Gasteiger partial charge on any atom is -0.312 e. The minimum atomic E-state index is 0.654. The molecule has 0 spiro atoms. The number of benzene rings is 1. The summed E-state index contributed by atoms with van der Waals surface area (Å²) in [6.45, 7) is 6.15. The van der Waals surface area contributed by atoms with Crippen LogP contribution in [-0.2, 0) is 6.54 Å². The molecule has 1 N–H and O–H groups in total. The van der Waals surface area contributed by atoms with Crippen LogP contribution in [0.4, 0.5) is 0 Å². The molecule has 0 fully saturated rings. The van der Waals surface area contributed by atoms with Gasteiger partial charge in [0.1, 0.15) is 0 Å². The van der Waals surface area contributed by atoms with Gasteiger partial charge in [0, 0.05) is 16.6 Å². The first-order valence-electron chi connectivity index (χ1n) is 4.74. The second-order valence-corrected chi connectivity index (χ2v) is 4.60. The molecule has 0 saturated heterocycles. The number of hydrogen-bond donors (Lipinski definition) is 1. The Kier molecular flexibility index (Phi) is 4.73. The Hall–Kier alpha value is -0.240. The van der Waals surface area contributed by atoms with Gasteiger partial charge in [0.05, 0.1) is 0 Å². The molecule has 1 rings (SSSR count). The molecule has 0 unspecified atom stereocenters. The van der Waals surface area contributed by atoms with Crippen molar-refractivity contribution in [1.29, 1.82) is 0 Å². The quantitative estimate of drug-likeness (QED) is 0.833. The normalized spacial score (nSPS) is 10.9. The average Bonchev–Trinajstić information content (AvgIpc) is 2.08. The molecule has 1 aromatic carbocycles. The Balaban J connectivity index is 2.51. The van der Waals surface area contributed by atoms with E-state index >= 15 is 0 Å². The maximum absolute atomic E-state index is 6.02. The predicted octanol–water partition coefficient (Wildman–Crippen LogP) is 3.74. The van der Waals surface area contributed by atoms with Crippen LogP contribution in [0.2, 0.25) is 10.0 Å². The first-order chi connectivity index (χ1) is 6.59. The topological polar surface area (TPSA) is 12.0 Å². The highest BCUT2D eigenvalue weighted by atomic mass is 35.5. The van der Waals surface area contributed by atoms with Crippen LogP contribution in [-0.4, -0.2) is 6.54 Å². The second-order valence-electron chi connectivity index (χ2n) is 3.76. The third-order valence-electron chi connectivity index (χ3n) is 1.88. The molecule has 1 nitrogen and oxygen atoms in total. The van der Waals surface area contributed by atoms with Crippen LogP contribution >= 0.6 is 23.2 Å². The molecule has 14 heavy (non-hydrogen) atoms. The monoisotopic (exact) mass is 231 g/mol. The molecule has 0 heterocycles. The largest absolute Gasteiger partial charge is 0.312 e. The smallest absolute Gasteiger partial charge is 0.0465 e. The van der Waals surface area contributed by atoms with Crippen molar-refractivity contribution < 1.29 is 0 Å². The molecule has 0 aromatic heterocycles. The van der Waals surface area contributed by atoms with Crippen molar-refractivity contribution in [2.24, 2.45) is 5.92 Å². The molecule has 3 heteroatoms. The lowest BCUT2D eigenvalue weighted by Gasteiger charge is -2.08. The summed E-state index contributed by atoms with van der Waals surface area (Å²) in [7, 11) is 0. The van der Waals surface area contributed by atoms with E-state index in [1.54, 1.807) is 6.07 Å². The molecule has 0 amide bonds. The Labute approximate surface area is 95.4 Å². The molecule has 0 aliphatic rings. The van der Waals surface area contributed by atoms with Gasteiger partial charge in [-0.1, -0.05) is 43.1 Å². The first-order valence-corrected chi connectivity index (χ1v) is 5.50. The predicted molar refractivity (Wildman–Crippen MR) is 63.0 cm³/mol. The molecule has 0 aliphatic carbocycles. The Morgan fingerprint density at radius 3 is 2.57 bits per heavy atom. The summed E-state index contributed by atoms with van der Waals surface area (Å²) < 4.78 is 0. The van der Waals surface area contributed by atoms with Crippen LogP contribution in [0.25, 0.3) is 0 Å². The van der Waals surface area contributed by atoms with Gasteiger partial charge in [0.2, 0.25) is 0 Å². The maximum atomic E-state index is 6.02. The van der Waals surface area contributed by atoms with Crippen molar-refractivity contribution in [3.05, 3.63) is 33.8 Å². The van der Waals surface area contributed by atoms with E-state index in [4.69, 9.17) is 23.2 Å². The molecule has 0 bridgehead atoms. The SMILES string of the molecule is CC(C)CNCc1ccc(Cl)cc1Cl. The fourth-order valence-electron chi connectivity index (χ4n) is 1.16. The summed E-state index contributed by atoms with van der Waals surface area (Å²) in [5, 5.41) is 4.75. The van der Waals surface area contributed by atoms with Gasteiger partial charge in [0.15, 0.2) is 0 Å². The zero-order valence-corrected chi connectivity index (χ0v) is 9.99. The Bertz CT molecular complexity index is 297. The van der Waals surface area contributed by atoms with Crippen LogP contribution in [0.1, 0.15) is 19.4 Å². The van der Waals surface area contributed by atoms with Crippen molar-refractivity contribution in [3.63, 3.8) is 0 Å². The summed E-state index contributed by atoms with van der Waals surface area (Å²) in [6, 6.07) is 5.59. The summed E-state index contributed by atoms with van der Waals surface area (Å²) in [4.78, 5) is 0. The van der Waals surface area contributed by atoms with E-state index in [2.05, 4.69) is 19.2 Å². The van der Waals surface area contributed by atoms with Crippen LogP contribution in [0.15, 0.2) is 18.2 Å². The maximum Gasteiger partial charge on any atom is 0.0465 e. The van der Waals surface area contributed by atoms with Crippen molar-refractivity contribution in [1.82, 2.24) is 5.32 Å². The summed E-state index contributed by atoms with van der Waals surface area (Å²) in [5.74, 6) is 0.654. The number of nitrogens with one attached hydrogen (secondary N) is 1. The summed E-state index contributed by atoms with van der Waals surface area (Å²) >= 11 is 11.8. The van der Waals surface area contributed by atoms with Crippen LogP contribution in [0, 0.1) is 5.92 Å². The van der Waals surface area contributed by atoms with Gasteiger partial charge < -0.3 is 5.32 Å². The zero-order chi connectivity index (χ0) is 10.6. The fourth-order valence-corrected chi connectivity index (χ4v) is 1.64. The lowest BCUT2D eigenvalue weighted by molar-refractivity contribution is 0.552. The van der Waals surface area contributed by atoms with Gasteiger partial charge >= 0.3 is 0 Å². The molecule has 78 valence electrons. The van der Waals surface area contributed by atoms with Crippen molar-refractivity contribution >= 4 is 23.2 Å². The molecule has 0 radical (unpaired) electrons. The number of hydrogen-bond acceptors (Lipinski definition) is 1. The van der Waals surface area contributed by atoms with Gasteiger partial charge in [-0.3, -0.25) is 0 Å². The zero-order valence-electron chi connectivity index (χ0n) is 8.48. The lowest BCUT2D eigenvalue weighted by atomic mass is 10.2. The number of halogens is 2. The van der Waals surface area contributed by atoms with E-state index in [0.29, 0.717) is 10.9 Å². The Morgan fingerprint density at radius 1 is 1.29 bits per heavy atom. The summed E-state index contributed by atoms with van der Waals surface area (Å²) in [5.41, 5.74) is 1.09. The average molecular weight is 232 g/mol. The third kappa shape index (κ3) is 3.87. The third-order valence-corrected chi connectivity index (χ3v) is 2.47. The van der Waals surface area contributed by atoms with E-state index in [9.17, 15) is 0 Å². The molecule has 0 atom stereocenters. The summed E-state index contributed by atoms with van der Waals surface area (Å²) in [6.07, 6.45) is 0. The lowest BCUT2D eigenvalue weighted by Crippen LogP contribution is -2.19. The molecule has 0 saturated carbocycles. The Morgan fingerprint density at radius 2 is 2.00 bits per heavy atom. The van der Waals surface area contributed by atoms with Crippen LogP contribution < -0.4 is 5.32 Å². The second kappa shape index (κ2) is 5.59. The van der Waals surface area contributed by atoms with E-state index in [1.165, 1.54) is 0 Å². The van der Waals surface area contributed by atoms with Crippen molar-refractivity contribution in [2.75, 3.05) is 6.54 Å². The highest BCUT2D eigenvalue weighted by Crippen LogP contribution is 2.20. The fraction of sp³-hybridized carbons (Fsp3) is 0.455. The van der Waals surface area contributed by atoms with Crippen LogP contribution in [0.3, 0.4) is 0 Å². The van der Waals surface area contributed by atoms with Gasteiger partial charge in [-0.25, -0.2) is 0 Å². The molecule has 1 aromatic rings. The van der Waals surface area contributed by atoms with E-state index < -0.39 is 0 Å². The van der Waals surface area contributed by atoms with Crippen molar-refractivity contribution in [2.45, 2.75) is 20.4 Å². The minimum absolute atomic E-state index is 0.654. The first kappa shape index (κ1) is 11.8. The van der Waals surface area contributed by atoms with Gasteiger partial charge in [-0.05, 0) is 30.2 Å². The van der Waals surface area contributed by atoms with Gasteiger partial charge in [-0.2, -0.15) is 0 Å². The van der Waals surface area contributed by atoms with E-state index in [1.807, 2.05) is 12.1 Å². The van der Waals surface area contributed by atoms with Crippen molar-refractivity contribution in [3.8, 4) is 0 Å².